The molecule has 0 spiro atoms. The zero-order chi connectivity index (χ0) is 35.7. The monoisotopic (exact) mass is 726 g/mol. The van der Waals surface area contributed by atoms with Crippen LogP contribution in [0.25, 0.3) is 11.1 Å². The van der Waals surface area contributed by atoms with Crippen LogP contribution in [0.2, 0.25) is 10.0 Å². The summed E-state index contributed by atoms with van der Waals surface area (Å²) in [5, 5.41) is 1.08. The Hall–Kier alpha value is -2.48. The highest BCUT2D eigenvalue weighted by Crippen LogP contribution is 2.51. The van der Waals surface area contributed by atoms with Crippen molar-refractivity contribution in [1.29, 1.82) is 0 Å². The molecule has 0 N–H and O–H groups in total. The van der Waals surface area contributed by atoms with Crippen LogP contribution in [0.4, 0.5) is 0 Å². The topological polar surface area (TPSA) is 36.9 Å². The zero-order valence-electron chi connectivity index (χ0n) is 30.3. The lowest BCUT2D eigenvalue weighted by atomic mass is 9.75. The molecule has 0 aliphatic carbocycles. The summed E-state index contributed by atoms with van der Waals surface area (Å²) in [6, 6.07) is 23.9. The van der Waals surface area contributed by atoms with Gasteiger partial charge in [0.05, 0.1) is 10.0 Å². The Morgan fingerprint density at radius 3 is 1.06 bits per heavy atom. The third kappa shape index (κ3) is 9.39. The number of hydrogen-bond donors (Lipinski definition) is 0. The van der Waals surface area contributed by atoms with Crippen LogP contribution in [-0.2, 0) is 21.7 Å². The molecule has 48 heavy (non-hydrogen) atoms. The van der Waals surface area contributed by atoms with E-state index >= 15 is 0 Å². The normalized spacial score (nSPS) is 13.0. The molecule has 0 amide bonds. The molecule has 0 heterocycles. The van der Waals surface area contributed by atoms with Crippen LogP contribution in [0, 0.1) is 0 Å². The van der Waals surface area contributed by atoms with E-state index < -0.39 is 0 Å². The molecule has 8 heteroatoms. The average Bonchev–Trinajstić information content (AvgIpc) is 2.96. The van der Waals surface area contributed by atoms with Crippen LogP contribution < -0.4 is 18.1 Å². The molecule has 0 radical (unpaired) electrons. The first-order chi connectivity index (χ1) is 22.2. The summed E-state index contributed by atoms with van der Waals surface area (Å²) in [5.41, 5.74) is 5.69. The lowest BCUT2D eigenvalue weighted by Crippen LogP contribution is -2.19. The largest absolute Gasteiger partial charge is 0.440 e. The summed E-state index contributed by atoms with van der Waals surface area (Å²) in [6.07, 6.45) is 0. The van der Waals surface area contributed by atoms with Gasteiger partial charge in [-0.25, -0.2) is 0 Å². The van der Waals surface area contributed by atoms with Gasteiger partial charge in [-0.3, -0.25) is 0 Å². The molecule has 4 aromatic rings. The van der Waals surface area contributed by atoms with Gasteiger partial charge in [-0.1, -0.05) is 143 Å². The molecule has 0 aliphatic rings. The van der Waals surface area contributed by atoms with Gasteiger partial charge in [0.2, 0.25) is 0 Å². The second-order valence-corrected chi connectivity index (χ2v) is 18.2. The fourth-order valence-corrected chi connectivity index (χ4v) is 6.83. The molecular weight excluding hydrogens is 677 g/mol. The Labute approximate surface area is 302 Å². The van der Waals surface area contributed by atoms with Crippen LogP contribution in [0.3, 0.4) is 0 Å². The van der Waals surface area contributed by atoms with Crippen LogP contribution in [0.5, 0.6) is 23.0 Å². The fraction of sp³-hybridized carbons (Fsp3) is 0.400. The molecule has 0 bridgehead atoms. The van der Waals surface area contributed by atoms with Gasteiger partial charge in [0.15, 0.2) is 0 Å². The molecular formula is C40H50Cl2O4P2. The van der Waals surface area contributed by atoms with E-state index in [4.69, 9.17) is 41.3 Å². The van der Waals surface area contributed by atoms with Gasteiger partial charge in [0.25, 0.3) is 18.1 Å². The minimum atomic E-state index is -0.329. The van der Waals surface area contributed by atoms with E-state index in [1.165, 1.54) is 11.1 Å². The summed E-state index contributed by atoms with van der Waals surface area (Å²) in [5.74, 6) is 2.67. The SMILES string of the molecule is CC(C)(C)c1cc(-c2cc(C(C)(C)C)cc(C(C)(C)C)c2OPOc2ccccc2Cl)c(OPOc2ccccc2Cl)c(C(C)(C)C)c1. The highest BCUT2D eigenvalue weighted by Gasteiger charge is 2.32. The average molecular weight is 728 g/mol. The minimum absolute atomic E-state index is 0.131. The van der Waals surface area contributed by atoms with Crippen molar-refractivity contribution in [3.05, 3.63) is 105 Å². The predicted molar refractivity (Wildman–Crippen MR) is 209 cm³/mol. The Kier molecular flexibility index (Phi) is 11.8. The van der Waals surface area contributed by atoms with E-state index in [0.29, 0.717) is 21.5 Å². The van der Waals surface area contributed by atoms with E-state index in [0.717, 1.165) is 33.8 Å². The van der Waals surface area contributed by atoms with Gasteiger partial charge >= 0.3 is 0 Å². The maximum absolute atomic E-state index is 6.72. The second-order valence-electron chi connectivity index (χ2n) is 16.2. The molecule has 2 unspecified atom stereocenters. The lowest BCUT2D eigenvalue weighted by Gasteiger charge is -2.32. The molecule has 0 saturated carbocycles. The van der Waals surface area contributed by atoms with Gasteiger partial charge in [-0.15, -0.1) is 0 Å². The standard InChI is InChI=1S/C40H50Cl2O4P2/c1-37(2,3)25-21-27(35(29(23-25)39(7,8)9)45-47-43-33-19-15-13-17-31(33)41)28-22-26(38(4,5)6)24-30(40(10,11)12)36(28)46-48-44-34-20-16-14-18-32(34)42/h13-24,47-48H,1-12H3. The first-order valence-corrected chi connectivity index (χ1v) is 18.6. The quantitative estimate of drug-likeness (QED) is 0.161. The Balaban J connectivity index is 2.00. The molecule has 258 valence electrons. The minimum Gasteiger partial charge on any atom is -0.440 e. The number of para-hydroxylation sites is 2. The first-order valence-electron chi connectivity index (χ1n) is 16.2. The summed E-state index contributed by atoms with van der Waals surface area (Å²) in [4.78, 5) is 0. The maximum atomic E-state index is 6.72. The van der Waals surface area contributed by atoms with Crippen molar-refractivity contribution in [1.82, 2.24) is 0 Å². The Morgan fingerprint density at radius 2 is 0.771 bits per heavy atom. The van der Waals surface area contributed by atoms with Gasteiger partial charge in [-0.2, -0.15) is 0 Å². The molecule has 0 aromatic heterocycles. The molecule has 4 aromatic carbocycles. The van der Waals surface area contributed by atoms with Crippen molar-refractivity contribution in [3.63, 3.8) is 0 Å². The fourth-order valence-electron chi connectivity index (χ4n) is 5.13. The number of hydrogen-bond acceptors (Lipinski definition) is 4. The van der Waals surface area contributed by atoms with Crippen LogP contribution in [0.15, 0.2) is 72.8 Å². The zero-order valence-corrected chi connectivity index (χ0v) is 33.8. The van der Waals surface area contributed by atoms with Gasteiger partial charge < -0.3 is 18.1 Å². The number of rotatable bonds is 9. The Bertz CT molecular complexity index is 1610. The van der Waals surface area contributed by atoms with E-state index in [1.807, 2.05) is 48.5 Å². The summed E-state index contributed by atoms with van der Waals surface area (Å²) in [7, 11) is -0.658. The van der Waals surface area contributed by atoms with E-state index in [2.05, 4.69) is 107 Å². The predicted octanol–water partition coefficient (Wildman–Crippen LogP) is 13.8. The highest BCUT2D eigenvalue weighted by molar-refractivity contribution is 7.27. The maximum Gasteiger partial charge on any atom is 0.275 e. The van der Waals surface area contributed by atoms with E-state index in [9.17, 15) is 0 Å². The lowest BCUT2D eigenvalue weighted by molar-refractivity contribution is 0.485. The van der Waals surface area contributed by atoms with Crippen LogP contribution >= 0.6 is 41.3 Å². The van der Waals surface area contributed by atoms with Gasteiger partial charge in [0, 0.05) is 22.3 Å². The second kappa shape index (κ2) is 14.8. The number of halogens is 2. The van der Waals surface area contributed by atoms with Crippen molar-refractivity contribution < 1.29 is 18.1 Å². The number of benzene rings is 4. The molecule has 0 aliphatic heterocycles. The summed E-state index contributed by atoms with van der Waals surface area (Å²) in [6.45, 7) is 26.7. The van der Waals surface area contributed by atoms with Crippen molar-refractivity contribution in [3.8, 4) is 34.1 Å². The Morgan fingerprint density at radius 1 is 0.438 bits per heavy atom. The third-order valence-corrected chi connectivity index (χ3v) is 9.89. The summed E-state index contributed by atoms with van der Waals surface area (Å²) >= 11 is 12.9. The van der Waals surface area contributed by atoms with Crippen LogP contribution in [-0.4, -0.2) is 0 Å². The van der Waals surface area contributed by atoms with Gasteiger partial charge in [-0.05, 0) is 69.2 Å². The first kappa shape index (κ1) is 38.3. The smallest absolute Gasteiger partial charge is 0.275 e. The van der Waals surface area contributed by atoms with Gasteiger partial charge in [0.1, 0.15) is 23.0 Å². The molecule has 4 nitrogen and oxygen atoms in total. The van der Waals surface area contributed by atoms with E-state index in [-0.39, 0.29) is 39.7 Å². The van der Waals surface area contributed by atoms with E-state index in [1.54, 1.807) is 0 Å². The molecule has 4 rings (SSSR count). The molecule has 0 fully saturated rings. The van der Waals surface area contributed by atoms with Crippen molar-refractivity contribution >= 4 is 41.3 Å². The van der Waals surface area contributed by atoms with Crippen molar-refractivity contribution in [2.75, 3.05) is 0 Å². The van der Waals surface area contributed by atoms with Crippen LogP contribution in [0.1, 0.15) is 105 Å². The van der Waals surface area contributed by atoms with Crippen molar-refractivity contribution in [2.24, 2.45) is 0 Å². The molecule has 0 saturated heterocycles. The summed E-state index contributed by atoms with van der Waals surface area (Å²) < 4.78 is 25.7. The van der Waals surface area contributed by atoms with Crippen molar-refractivity contribution in [2.45, 2.75) is 105 Å². The molecule has 2 atom stereocenters. The highest BCUT2D eigenvalue weighted by atomic mass is 35.5. The third-order valence-electron chi connectivity index (χ3n) is 8.08.